The average Bonchev–Trinajstić information content (AvgIpc) is 2.99. The minimum absolute atomic E-state index is 0. The molecule has 2 N–H and O–H groups in total. The summed E-state index contributed by atoms with van der Waals surface area (Å²) in [5.41, 5.74) is 0.911. The number of benzene rings is 1. The van der Waals surface area contributed by atoms with Gasteiger partial charge in [0.25, 0.3) is 5.91 Å². The molecule has 1 aliphatic heterocycles. The van der Waals surface area contributed by atoms with E-state index >= 15 is 0 Å². The van der Waals surface area contributed by atoms with Crippen molar-refractivity contribution in [2.45, 2.75) is 25.9 Å². The van der Waals surface area contributed by atoms with Crippen molar-refractivity contribution in [2.24, 2.45) is 5.92 Å². The Bertz CT molecular complexity index is 408. The summed E-state index contributed by atoms with van der Waals surface area (Å²) < 4.78 is 5.59. The lowest BCUT2D eigenvalue weighted by Crippen LogP contribution is -2.32. The van der Waals surface area contributed by atoms with E-state index in [4.69, 9.17) is 4.74 Å². The molecule has 0 radical (unpaired) electrons. The number of hydrogen-bond donors (Lipinski definition) is 2. The molecule has 2 unspecified atom stereocenters. The molecule has 21 heavy (non-hydrogen) atoms. The highest BCUT2D eigenvalue weighted by Crippen LogP contribution is 2.17. The standard InChI is InChI=1S/C16H24N2O2.ClH/c1-2-20-15(14-6-4-3-5-7-14)16(19)18-11-9-13-8-10-17-12-13;/h3-7,13,15,17H,2,8-12H2,1H3,(H,18,19);1H. The summed E-state index contributed by atoms with van der Waals surface area (Å²) in [7, 11) is 0. The van der Waals surface area contributed by atoms with Gasteiger partial charge in [0, 0.05) is 13.2 Å². The molecule has 0 saturated carbocycles. The van der Waals surface area contributed by atoms with E-state index in [2.05, 4.69) is 10.6 Å². The van der Waals surface area contributed by atoms with Gasteiger partial charge in [0.2, 0.25) is 0 Å². The third kappa shape index (κ3) is 5.65. The third-order valence-corrected chi connectivity index (χ3v) is 3.69. The Kier molecular flexibility index (Phi) is 8.35. The highest BCUT2D eigenvalue weighted by Gasteiger charge is 2.21. The highest BCUT2D eigenvalue weighted by molar-refractivity contribution is 5.85. The maximum Gasteiger partial charge on any atom is 0.253 e. The molecule has 4 nitrogen and oxygen atoms in total. The highest BCUT2D eigenvalue weighted by atomic mass is 35.5. The van der Waals surface area contributed by atoms with Gasteiger partial charge in [0.15, 0.2) is 6.10 Å². The van der Waals surface area contributed by atoms with Crippen LogP contribution in [0.3, 0.4) is 0 Å². The molecule has 5 heteroatoms. The topological polar surface area (TPSA) is 50.4 Å². The number of carbonyl (C=O) groups is 1. The van der Waals surface area contributed by atoms with Crippen LogP contribution in [0.5, 0.6) is 0 Å². The molecule has 0 bridgehead atoms. The zero-order valence-electron chi connectivity index (χ0n) is 12.5. The molecule has 2 atom stereocenters. The molecule has 1 aromatic carbocycles. The predicted octanol–water partition coefficient (Wildman–Crippen LogP) is 2.30. The summed E-state index contributed by atoms with van der Waals surface area (Å²) >= 11 is 0. The number of amides is 1. The van der Waals surface area contributed by atoms with E-state index < -0.39 is 6.10 Å². The average molecular weight is 313 g/mol. The molecule has 1 heterocycles. The van der Waals surface area contributed by atoms with E-state index in [1.807, 2.05) is 37.3 Å². The van der Waals surface area contributed by atoms with Crippen LogP contribution in [0.4, 0.5) is 0 Å². The molecule has 1 amide bonds. The molecule has 1 aliphatic rings. The Morgan fingerprint density at radius 1 is 1.43 bits per heavy atom. The van der Waals surface area contributed by atoms with Crippen molar-refractivity contribution in [3.05, 3.63) is 35.9 Å². The Hall–Kier alpha value is -1.10. The summed E-state index contributed by atoms with van der Waals surface area (Å²) in [6, 6.07) is 9.66. The molecule has 2 rings (SSSR count). The zero-order valence-corrected chi connectivity index (χ0v) is 13.3. The van der Waals surface area contributed by atoms with Crippen LogP contribution in [-0.2, 0) is 9.53 Å². The Balaban J connectivity index is 0.00000220. The van der Waals surface area contributed by atoms with E-state index in [0.717, 1.165) is 31.6 Å². The van der Waals surface area contributed by atoms with Crippen LogP contribution in [0.15, 0.2) is 30.3 Å². The Labute approximate surface area is 133 Å². The Morgan fingerprint density at radius 2 is 2.19 bits per heavy atom. The van der Waals surface area contributed by atoms with Crippen molar-refractivity contribution in [3.63, 3.8) is 0 Å². The molecule has 0 aromatic heterocycles. The van der Waals surface area contributed by atoms with Crippen LogP contribution < -0.4 is 10.6 Å². The van der Waals surface area contributed by atoms with Gasteiger partial charge < -0.3 is 15.4 Å². The van der Waals surface area contributed by atoms with Crippen molar-refractivity contribution in [3.8, 4) is 0 Å². The first kappa shape index (κ1) is 18.0. The number of halogens is 1. The minimum atomic E-state index is -0.497. The molecule has 1 aromatic rings. The first-order chi connectivity index (χ1) is 9.81. The zero-order chi connectivity index (χ0) is 14.2. The molecule has 1 fully saturated rings. The van der Waals surface area contributed by atoms with Gasteiger partial charge in [-0.1, -0.05) is 30.3 Å². The second kappa shape index (κ2) is 9.77. The van der Waals surface area contributed by atoms with Gasteiger partial charge >= 0.3 is 0 Å². The van der Waals surface area contributed by atoms with E-state index in [1.54, 1.807) is 0 Å². The van der Waals surface area contributed by atoms with Gasteiger partial charge in [-0.3, -0.25) is 4.79 Å². The predicted molar refractivity (Wildman–Crippen MR) is 86.7 cm³/mol. The van der Waals surface area contributed by atoms with Crippen molar-refractivity contribution in [1.29, 1.82) is 0 Å². The van der Waals surface area contributed by atoms with Gasteiger partial charge in [-0.05, 0) is 44.3 Å². The van der Waals surface area contributed by atoms with Crippen molar-refractivity contribution in [1.82, 2.24) is 10.6 Å². The van der Waals surface area contributed by atoms with Gasteiger partial charge in [0.05, 0.1) is 0 Å². The van der Waals surface area contributed by atoms with Crippen LogP contribution >= 0.6 is 12.4 Å². The molecular weight excluding hydrogens is 288 g/mol. The first-order valence-electron chi connectivity index (χ1n) is 7.46. The first-order valence-corrected chi connectivity index (χ1v) is 7.46. The van der Waals surface area contributed by atoms with Crippen molar-refractivity contribution >= 4 is 18.3 Å². The van der Waals surface area contributed by atoms with Gasteiger partial charge in [-0.2, -0.15) is 0 Å². The lowest BCUT2D eigenvalue weighted by molar-refractivity contribution is -0.133. The molecular formula is C16H25ClN2O2. The minimum Gasteiger partial charge on any atom is -0.364 e. The van der Waals surface area contributed by atoms with Crippen LogP contribution in [-0.4, -0.2) is 32.1 Å². The Morgan fingerprint density at radius 3 is 2.81 bits per heavy atom. The molecule has 118 valence electrons. The quantitative estimate of drug-likeness (QED) is 0.812. The molecule has 0 aliphatic carbocycles. The second-order valence-corrected chi connectivity index (χ2v) is 5.18. The fourth-order valence-electron chi connectivity index (χ4n) is 2.57. The number of hydrogen-bond acceptors (Lipinski definition) is 3. The monoisotopic (exact) mass is 312 g/mol. The lowest BCUT2D eigenvalue weighted by atomic mass is 10.0. The smallest absolute Gasteiger partial charge is 0.253 e. The number of ether oxygens (including phenoxy) is 1. The van der Waals surface area contributed by atoms with E-state index in [-0.39, 0.29) is 18.3 Å². The van der Waals surface area contributed by atoms with Gasteiger partial charge in [-0.15, -0.1) is 12.4 Å². The largest absolute Gasteiger partial charge is 0.364 e. The van der Waals surface area contributed by atoms with Crippen LogP contribution in [0, 0.1) is 5.92 Å². The maximum atomic E-state index is 12.3. The van der Waals surface area contributed by atoms with Gasteiger partial charge in [0.1, 0.15) is 0 Å². The summed E-state index contributed by atoms with van der Waals surface area (Å²) in [6.45, 7) is 5.34. The maximum absolute atomic E-state index is 12.3. The van der Waals surface area contributed by atoms with Crippen LogP contribution in [0.25, 0.3) is 0 Å². The normalized spacial score (nSPS) is 18.8. The summed E-state index contributed by atoms with van der Waals surface area (Å²) in [4.78, 5) is 12.3. The molecule has 1 saturated heterocycles. The fraction of sp³-hybridized carbons (Fsp3) is 0.562. The van der Waals surface area contributed by atoms with Gasteiger partial charge in [-0.25, -0.2) is 0 Å². The summed E-state index contributed by atoms with van der Waals surface area (Å²) in [6.07, 6.45) is 1.75. The van der Waals surface area contributed by atoms with E-state index in [0.29, 0.717) is 12.5 Å². The number of carbonyl (C=O) groups excluding carboxylic acids is 1. The van der Waals surface area contributed by atoms with E-state index in [9.17, 15) is 4.79 Å². The fourth-order valence-corrected chi connectivity index (χ4v) is 2.57. The van der Waals surface area contributed by atoms with Crippen molar-refractivity contribution < 1.29 is 9.53 Å². The summed E-state index contributed by atoms with van der Waals surface area (Å²) in [5, 5.41) is 6.34. The third-order valence-electron chi connectivity index (χ3n) is 3.69. The van der Waals surface area contributed by atoms with Crippen LogP contribution in [0.2, 0.25) is 0 Å². The molecule has 0 spiro atoms. The van der Waals surface area contributed by atoms with Crippen molar-refractivity contribution in [2.75, 3.05) is 26.2 Å². The summed E-state index contributed by atoms with van der Waals surface area (Å²) in [5.74, 6) is 0.654. The van der Waals surface area contributed by atoms with Crippen LogP contribution in [0.1, 0.15) is 31.4 Å². The van der Waals surface area contributed by atoms with E-state index in [1.165, 1.54) is 6.42 Å². The second-order valence-electron chi connectivity index (χ2n) is 5.18. The number of nitrogens with one attached hydrogen (secondary N) is 2. The number of rotatable bonds is 7. The lowest BCUT2D eigenvalue weighted by Gasteiger charge is -2.18. The SMILES string of the molecule is CCOC(C(=O)NCCC1CCNC1)c1ccccc1.Cl.